The first-order chi connectivity index (χ1) is 8.69. The molecule has 1 unspecified atom stereocenters. The van der Waals surface area contributed by atoms with E-state index in [-0.39, 0.29) is 4.90 Å². The molecule has 1 aromatic rings. The highest BCUT2D eigenvalue weighted by atomic mass is 79.9. The Balaban J connectivity index is 3.14. The van der Waals surface area contributed by atoms with Crippen LogP contribution in [0.4, 0.5) is 0 Å². The number of carbonyl (C=O) groups is 1. The van der Waals surface area contributed by atoms with Gasteiger partial charge >= 0.3 is 5.97 Å². The van der Waals surface area contributed by atoms with Crippen LogP contribution in [0, 0.1) is 6.92 Å². The van der Waals surface area contributed by atoms with Crippen molar-refractivity contribution in [3.63, 3.8) is 0 Å². The van der Waals surface area contributed by atoms with Crippen molar-refractivity contribution in [2.75, 3.05) is 7.11 Å². The van der Waals surface area contributed by atoms with Crippen LogP contribution in [-0.2, 0) is 19.6 Å². The number of esters is 1. The molecule has 106 valence electrons. The second kappa shape index (κ2) is 6.34. The average molecular weight is 415 g/mol. The van der Waals surface area contributed by atoms with E-state index < -0.39 is 22.0 Å². The largest absolute Gasteiger partial charge is 0.468 e. The van der Waals surface area contributed by atoms with Crippen LogP contribution in [-0.4, -0.2) is 27.5 Å². The fraction of sp³-hybridized carbons (Fsp3) is 0.364. The Morgan fingerprint density at radius 2 is 1.89 bits per heavy atom. The number of hydrogen-bond acceptors (Lipinski definition) is 4. The Bertz CT molecular complexity index is 601. The lowest BCUT2D eigenvalue weighted by Gasteiger charge is -2.14. The van der Waals surface area contributed by atoms with Crippen molar-refractivity contribution in [1.82, 2.24) is 4.72 Å². The van der Waals surface area contributed by atoms with Crippen LogP contribution < -0.4 is 4.72 Å². The van der Waals surface area contributed by atoms with Crippen molar-refractivity contribution < 1.29 is 17.9 Å². The minimum absolute atomic E-state index is 0.0562. The molecule has 0 aromatic heterocycles. The maximum atomic E-state index is 12.2. The summed E-state index contributed by atoms with van der Waals surface area (Å²) in [6, 6.07) is 2.20. The molecular formula is C11H13Br2NO4S. The molecule has 0 spiro atoms. The first-order valence-electron chi connectivity index (χ1n) is 5.25. The Morgan fingerprint density at radius 1 is 1.32 bits per heavy atom. The zero-order chi connectivity index (χ0) is 14.8. The summed E-state index contributed by atoms with van der Waals surface area (Å²) in [5.74, 6) is -0.647. The molecule has 5 nitrogen and oxygen atoms in total. The minimum atomic E-state index is -3.81. The molecule has 1 N–H and O–H groups in total. The molecule has 1 atom stereocenters. The summed E-state index contributed by atoms with van der Waals surface area (Å²) in [5.41, 5.74) is 0.895. The zero-order valence-electron chi connectivity index (χ0n) is 10.5. The summed E-state index contributed by atoms with van der Waals surface area (Å²) in [6.45, 7) is 3.26. The first-order valence-corrected chi connectivity index (χ1v) is 8.31. The van der Waals surface area contributed by atoms with Gasteiger partial charge in [-0.1, -0.05) is 15.9 Å². The van der Waals surface area contributed by atoms with Gasteiger partial charge in [0.25, 0.3) is 0 Å². The molecule has 0 aliphatic rings. The zero-order valence-corrected chi connectivity index (χ0v) is 14.5. The number of hydrogen-bond donors (Lipinski definition) is 1. The summed E-state index contributed by atoms with van der Waals surface area (Å²) in [4.78, 5) is 11.3. The van der Waals surface area contributed by atoms with Crippen molar-refractivity contribution in [3.8, 4) is 0 Å². The third-order valence-corrected chi connectivity index (χ3v) is 5.74. The van der Waals surface area contributed by atoms with Crippen LogP contribution in [0.2, 0.25) is 0 Å². The smallest absolute Gasteiger partial charge is 0.323 e. The van der Waals surface area contributed by atoms with Gasteiger partial charge in [-0.25, -0.2) is 8.42 Å². The van der Waals surface area contributed by atoms with E-state index in [1.807, 2.05) is 6.92 Å². The van der Waals surface area contributed by atoms with E-state index in [0.29, 0.717) is 8.95 Å². The molecule has 0 heterocycles. The summed E-state index contributed by atoms with van der Waals surface area (Å²) < 4.78 is 32.2. The molecule has 0 aliphatic heterocycles. The fourth-order valence-electron chi connectivity index (χ4n) is 1.36. The quantitative estimate of drug-likeness (QED) is 0.767. The maximum Gasteiger partial charge on any atom is 0.323 e. The normalized spacial score (nSPS) is 13.1. The van der Waals surface area contributed by atoms with Crippen LogP contribution >= 0.6 is 31.9 Å². The molecule has 0 radical (unpaired) electrons. The van der Waals surface area contributed by atoms with Crippen molar-refractivity contribution >= 4 is 47.9 Å². The van der Waals surface area contributed by atoms with Gasteiger partial charge in [0.2, 0.25) is 10.0 Å². The van der Waals surface area contributed by atoms with Gasteiger partial charge in [0.1, 0.15) is 6.04 Å². The van der Waals surface area contributed by atoms with E-state index in [2.05, 4.69) is 41.3 Å². The van der Waals surface area contributed by atoms with Crippen molar-refractivity contribution in [1.29, 1.82) is 0 Å². The topological polar surface area (TPSA) is 72.5 Å². The Morgan fingerprint density at radius 3 is 2.42 bits per heavy atom. The number of nitrogens with one attached hydrogen (secondary N) is 1. The first kappa shape index (κ1) is 16.6. The Kier molecular flexibility index (Phi) is 5.54. The highest BCUT2D eigenvalue weighted by Crippen LogP contribution is 2.28. The second-order valence-corrected chi connectivity index (χ2v) is 7.29. The van der Waals surface area contributed by atoms with E-state index >= 15 is 0 Å². The number of methoxy groups -OCH3 is 1. The van der Waals surface area contributed by atoms with E-state index in [4.69, 9.17) is 0 Å². The molecule has 19 heavy (non-hydrogen) atoms. The lowest BCUT2D eigenvalue weighted by Crippen LogP contribution is -2.39. The number of aryl methyl sites for hydroxylation is 1. The van der Waals surface area contributed by atoms with Gasteiger partial charge in [0.05, 0.1) is 12.0 Å². The lowest BCUT2D eigenvalue weighted by atomic mass is 10.2. The van der Waals surface area contributed by atoms with Crippen molar-refractivity contribution in [3.05, 3.63) is 26.6 Å². The number of sulfonamides is 1. The maximum absolute atomic E-state index is 12.2. The summed E-state index contributed by atoms with van der Waals surface area (Å²) in [5, 5.41) is 0. The van der Waals surface area contributed by atoms with Gasteiger partial charge in [0, 0.05) is 8.95 Å². The standard InChI is InChI=1S/C11H13Br2NO4S/c1-6-4-9(13)10(5-8(6)12)19(16,17)14-7(2)11(15)18-3/h4-5,7,14H,1-3H3. The molecule has 0 saturated carbocycles. The highest BCUT2D eigenvalue weighted by molar-refractivity contribution is 9.11. The second-order valence-electron chi connectivity index (χ2n) is 3.90. The molecule has 0 aliphatic carbocycles. The molecular weight excluding hydrogens is 402 g/mol. The van der Waals surface area contributed by atoms with E-state index in [1.165, 1.54) is 20.1 Å². The Hall–Kier alpha value is -0.440. The number of benzene rings is 1. The predicted molar refractivity (Wildman–Crippen MR) is 78.4 cm³/mol. The van der Waals surface area contributed by atoms with Gasteiger partial charge in [-0.3, -0.25) is 4.79 Å². The van der Waals surface area contributed by atoms with Crippen molar-refractivity contribution in [2.45, 2.75) is 24.8 Å². The van der Waals surface area contributed by atoms with Gasteiger partial charge in [-0.2, -0.15) is 4.72 Å². The molecule has 8 heteroatoms. The Labute approximate surface area is 129 Å². The number of ether oxygens (including phenoxy) is 1. The molecule has 1 aromatic carbocycles. The molecule has 0 saturated heterocycles. The minimum Gasteiger partial charge on any atom is -0.468 e. The van der Waals surface area contributed by atoms with E-state index in [0.717, 1.165) is 5.56 Å². The number of carbonyl (C=O) groups excluding carboxylic acids is 1. The van der Waals surface area contributed by atoms with Crippen LogP contribution in [0.1, 0.15) is 12.5 Å². The monoisotopic (exact) mass is 413 g/mol. The van der Waals surface area contributed by atoms with Crippen molar-refractivity contribution in [2.24, 2.45) is 0 Å². The number of halogens is 2. The van der Waals surface area contributed by atoms with Crippen LogP contribution in [0.3, 0.4) is 0 Å². The van der Waals surface area contributed by atoms with Crippen LogP contribution in [0.5, 0.6) is 0 Å². The highest BCUT2D eigenvalue weighted by Gasteiger charge is 2.24. The van der Waals surface area contributed by atoms with E-state index in [9.17, 15) is 13.2 Å². The van der Waals surface area contributed by atoms with Gasteiger partial charge in [0.15, 0.2) is 0 Å². The van der Waals surface area contributed by atoms with Gasteiger partial charge < -0.3 is 4.74 Å². The number of rotatable bonds is 4. The molecule has 1 rings (SSSR count). The molecule has 0 bridgehead atoms. The van der Waals surface area contributed by atoms with Crippen LogP contribution in [0.25, 0.3) is 0 Å². The third-order valence-electron chi connectivity index (χ3n) is 2.39. The third kappa shape index (κ3) is 4.01. The lowest BCUT2D eigenvalue weighted by molar-refractivity contribution is -0.142. The summed E-state index contributed by atoms with van der Waals surface area (Å²) in [6.07, 6.45) is 0. The molecule has 0 amide bonds. The van der Waals surface area contributed by atoms with Crippen LogP contribution in [0.15, 0.2) is 26.0 Å². The predicted octanol–water partition coefficient (Wildman–Crippen LogP) is 2.36. The van der Waals surface area contributed by atoms with E-state index in [1.54, 1.807) is 6.07 Å². The van der Waals surface area contributed by atoms with Gasteiger partial charge in [-0.15, -0.1) is 0 Å². The SMILES string of the molecule is COC(=O)C(C)NS(=O)(=O)c1cc(Br)c(C)cc1Br. The average Bonchev–Trinajstić information content (AvgIpc) is 2.31. The summed E-state index contributed by atoms with van der Waals surface area (Å²) >= 11 is 6.48. The summed E-state index contributed by atoms with van der Waals surface area (Å²) in [7, 11) is -2.61. The fourth-order valence-corrected chi connectivity index (χ4v) is 4.22. The molecule has 0 fully saturated rings. The van der Waals surface area contributed by atoms with Gasteiger partial charge in [-0.05, 0) is 47.5 Å².